The number of nitrogens with one attached hydrogen (secondary N) is 1. The van der Waals surface area contributed by atoms with Gasteiger partial charge in [-0.3, -0.25) is 0 Å². The lowest BCUT2D eigenvalue weighted by Gasteiger charge is -2.13. The molecular formula is C7H10INO2S. The maximum atomic E-state index is 11.1. The van der Waals surface area contributed by atoms with Crippen LogP contribution in [0.3, 0.4) is 0 Å². The van der Waals surface area contributed by atoms with Crippen LogP contribution in [0.5, 0.6) is 0 Å². The van der Waals surface area contributed by atoms with Crippen LogP contribution in [0.4, 0.5) is 0 Å². The van der Waals surface area contributed by atoms with Gasteiger partial charge in [-0.15, -0.1) is 0 Å². The van der Waals surface area contributed by atoms with Crippen LogP contribution in [0, 0.1) is 0 Å². The molecule has 0 bridgehead atoms. The predicted molar refractivity (Wildman–Crippen MR) is 57.6 cm³/mol. The Bertz CT molecular complexity index is 318. The minimum atomic E-state index is -2.92. The molecule has 0 spiro atoms. The quantitative estimate of drug-likeness (QED) is 0.615. The molecule has 3 nitrogen and oxygen atoms in total. The van der Waals surface area contributed by atoms with Crippen molar-refractivity contribution in [2.75, 3.05) is 6.26 Å². The number of hydrogen-bond donors (Lipinski definition) is 1. The molecule has 1 atom stereocenters. The van der Waals surface area contributed by atoms with Crippen molar-refractivity contribution < 1.29 is 8.42 Å². The summed E-state index contributed by atoms with van der Waals surface area (Å²) in [5.74, 6) is 0. The van der Waals surface area contributed by atoms with Gasteiger partial charge in [-0.2, -0.15) is 0 Å². The summed E-state index contributed by atoms with van der Waals surface area (Å²) < 4.78 is 25.1. The highest BCUT2D eigenvalue weighted by atomic mass is 127. The van der Waals surface area contributed by atoms with Crippen molar-refractivity contribution in [2.45, 2.75) is 11.7 Å². The lowest BCUT2D eigenvalue weighted by molar-refractivity contribution is 0.594. The molecule has 0 aromatic carbocycles. The Kier molecular flexibility index (Phi) is 3.16. The van der Waals surface area contributed by atoms with Crippen LogP contribution in [-0.4, -0.2) is 19.9 Å². The summed E-state index contributed by atoms with van der Waals surface area (Å²) in [4.78, 5) is 0. The smallest absolute Gasteiger partial charge is 0.154 e. The number of halogens is 1. The molecule has 1 unspecified atom stereocenters. The van der Waals surface area contributed by atoms with Gasteiger partial charge in [-0.25, -0.2) is 8.42 Å². The van der Waals surface area contributed by atoms with E-state index in [2.05, 4.69) is 3.53 Å². The third kappa shape index (κ3) is 2.48. The topological polar surface area (TPSA) is 46.2 Å². The average molecular weight is 299 g/mol. The van der Waals surface area contributed by atoms with E-state index in [1.165, 1.54) is 6.26 Å². The Morgan fingerprint density at radius 3 is 2.67 bits per heavy atom. The van der Waals surface area contributed by atoms with Gasteiger partial charge in [0.15, 0.2) is 9.84 Å². The molecule has 1 aliphatic carbocycles. The van der Waals surface area contributed by atoms with Crippen molar-refractivity contribution in [3.05, 3.63) is 23.9 Å². The fraction of sp³-hybridized carbons (Fsp3) is 0.429. The van der Waals surface area contributed by atoms with Gasteiger partial charge in [0.25, 0.3) is 0 Å². The minimum absolute atomic E-state index is 0.342. The highest BCUT2D eigenvalue weighted by molar-refractivity contribution is 14.1. The molecule has 12 heavy (non-hydrogen) atoms. The molecule has 0 amide bonds. The highest BCUT2D eigenvalue weighted by Gasteiger charge is 2.18. The molecule has 0 fully saturated rings. The Morgan fingerprint density at radius 2 is 2.33 bits per heavy atom. The van der Waals surface area contributed by atoms with Crippen LogP contribution in [0.1, 0.15) is 6.42 Å². The molecule has 0 saturated heterocycles. The van der Waals surface area contributed by atoms with E-state index in [1.54, 1.807) is 12.2 Å². The van der Waals surface area contributed by atoms with E-state index in [4.69, 9.17) is 0 Å². The SMILES string of the molecule is CS(=O)(=O)C1C=CC(NI)=CC1. The molecule has 0 aliphatic heterocycles. The van der Waals surface area contributed by atoms with E-state index in [1.807, 2.05) is 28.9 Å². The second kappa shape index (κ2) is 3.78. The van der Waals surface area contributed by atoms with Crippen LogP contribution in [0.15, 0.2) is 23.9 Å². The fourth-order valence-corrected chi connectivity index (χ4v) is 2.20. The zero-order chi connectivity index (χ0) is 9.19. The van der Waals surface area contributed by atoms with E-state index < -0.39 is 9.84 Å². The predicted octanol–water partition coefficient (Wildman–Crippen LogP) is 1.18. The minimum Gasteiger partial charge on any atom is -0.329 e. The Balaban J connectivity index is 2.73. The first-order chi connectivity index (χ1) is 5.54. The summed E-state index contributed by atoms with van der Waals surface area (Å²) in [6, 6.07) is 0. The molecule has 68 valence electrons. The number of sulfone groups is 1. The Labute approximate surface area is 86.3 Å². The van der Waals surface area contributed by atoms with Gasteiger partial charge in [-0.05, 0) is 12.5 Å². The zero-order valence-corrected chi connectivity index (χ0v) is 9.59. The van der Waals surface area contributed by atoms with Crippen LogP contribution in [-0.2, 0) is 9.84 Å². The standard InChI is InChI=1S/C7H10INO2S/c1-12(10,11)7-4-2-6(9-8)3-5-7/h2-4,7,9H,5H2,1H3. The molecular weight excluding hydrogens is 289 g/mol. The average Bonchev–Trinajstić information content (AvgIpc) is 2.03. The molecule has 1 N–H and O–H groups in total. The largest absolute Gasteiger partial charge is 0.329 e. The summed E-state index contributed by atoms with van der Waals surface area (Å²) in [5, 5.41) is -0.342. The van der Waals surface area contributed by atoms with Crippen molar-refractivity contribution in [2.24, 2.45) is 0 Å². The van der Waals surface area contributed by atoms with Crippen LogP contribution in [0.2, 0.25) is 0 Å². The van der Waals surface area contributed by atoms with Crippen LogP contribution < -0.4 is 3.53 Å². The maximum absolute atomic E-state index is 11.1. The Hall–Kier alpha value is -0.0400. The van der Waals surface area contributed by atoms with E-state index in [9.17, 15) is 8.42 Å². The molecule has 0 aromatic heterocycles. The number of allylic oxidation sites excluding steroid dienone is 2. The van der Waals surface area contributed by atoms with Gasteiger partial charge in [0.2, 0.25) is 0 Å². The summed E-state index contributed by atoms with van der Waals surface area (Å²) in [6.07, 6.45) is 7.23. The van der Waals surface area contributed by atoms with Crippen molar-refractivity contribution >= 4 is 32.7 Å². The number of hydrogen-bond acceptors (Lipinski definition) is 3. The lowest BCUT2D eigenvalue weighted by atomic mass is 10.1. The van der Waals surface area contributed by atoms with Crippen molar-refractivity contribution in [1.29, 1.82) is 0 Å². The fourth-order valence-electron chi connectivity index (χ4n) is 0.988. The Morgan fingerprint density at radius 1 is 1.67 bits per heavy atom. The first kappa shape index (κ1) is 10.0. The van der Waals surface area contributed by atoms with Gasteiger partial charge in [0.1, 0.15) is 0 Å². The molecule has 0 saturated carbocycles. The van der Waals surface area contributed by atoms with Gasteiger partial charge in [-0.1, -0.05) is 12.2 Å². The monoisotopic (exact) mass is 299 g/mol. The van der Waals surface area contributed by atoms with Crippen molar-refractivity contribution in [3.8, 4) is 0 Å². The summed E-state index contributed by atoms with van der Waals surface area (Å²) in [5.41, 5.74) is 0.968. The normalized spacial score (nSPS) is 23.5. The van der Waals surface area contributed by atoms with Gasteiger partial charge < -0.3 is 3.53 Å². The van der Waals surface area contributed by atoms with Crippen molar-refractivity contribution in [3.63, 3.8) is 0 Å². The summed E-state index contributed by atoms with van der Waals surface area (Å²) >= 11 is 2.02. The first-order valence-electron chi connectivity index (χ1n) is 3.48. The second-order valence-electron chi connectivity index (χ2n) is 2.72. The molecule has 0 radical (unpaired) electrons. The van der Waals surface area contributed by atoms with E-state index >= 15 is 0 Å². The molecule has 5 heteroatoms. The highest BCUT2D eigenvalue weighted by Crippen LogP contribution is 2.15. The first-order valence-corrected chi connectivity index (χ1v) is 6.51. The zero-order valence-electron chi connectivity index (χ0n) is 6.62. The summed E-state index contributed by atoms with van der Waals surface area (Å²) in [7, 11) is -2.92. The second-order valence-corrected chi connectivity index (χ2v) is 5.52. The third-order valence-corrected chi connectivity index (χ3v) is 3.79. The van der Waals surface area contributed by atoms with Crippen LogP contribution >= 0.6 is 22.9 Å². The van der Waals surface area contributed by atoms with Crippen molar-refractivity contribution in [1.82, 2.24) is 3.53 Å². The van der Waals surface area contributed by atoms with E-state index in [-0.39, 0.29) is 5.25 Å². The van der Waals surface area contributed by atoms with Gasteiger partial charge in [0, 0.05) is 12.0 Å². The van der Waals surface area contributed by atoms with Gasteiger partial charge >= 0.3 is 0 Å². The summed E-state index contributed by atoms with van der Waals surface area (Å²) in [6.45, 7) is 0. The number of rotatable bonds is 2. The maximum Gasteiger partial charge on any atom is 0.154 e. The van der Waals surface area contributed by atoms with E-state index in [0.29, 0.717) is 6.42 Å². The van der Waals surface area contributed by atoms with E-state index in [0.717, 1.165) is 5.70 Å². The van der Waals surface area contributed by atoms with Crippen LogP contribution in [0.25, 0.3) is 0 Å². The molecule has 1 rings (SSSR count). The lowest BCUT2D eigenvalue weighted by Crippen LogP contribution is -2.19. The van der Waals surface area contributed by atoms with Gasteiger partial charge in [0.05, 0.1) is 28.1 Å². The molecule has 0 heterocycles. The molecule has 0 aromatic rings. The molecule has 1 aliphatic rings. The third-order valence-electron chi connectivity index (χ3n) is 1.72.